The first-order chi connectivity index (χ1) is 10.8. The highest BCUT2D eigenvalue weighted by Gasteiger charge is 2.35. The summed E-state index contributed by atoms with van der Waals surface area (Å²) in [6.07, 6.45) is 6.14. The Morgan fingerprint density at radius 3 is 2.73 bits per heavy atom. The quantitative estimate of drug-likeness (QED) is 0.946. The number of nitrogens with zero attached hydrogens (tertiary/aromatic N) is 2. The van der Waals surface area contributed by atoms with Crippen LogP contribution in [0.2, 0.25) is 0 Å². The number of aromatic nitrogens is 1. The van der Waals surface area contributed by atoms with Crippen molar-refractivity contribution in [3.63, 3.8) is 0 Å². The lowest BCUT2D eigenvalue weighted by Crippen LogP contribution is -2.55. The molecule has 0 unspecified atom stereocenters. The lowest BCUT2D eigenvalue weighted by Gasteiger charge is -2.39. The Morgan fingerprint density at radius 1 is 1.18 bits per heavy atom. The fourth-order valence-corrected chi connectivity index (χ4v) is 4.35. The summed E-state index contributed by atoms with van der Waals surface area (Å²) in [4.78, 5) is 19.2. The molecule has 0 radical (unpaired) electrons. The molecule has 0 bridgehead atoms. The van der Waals surface area contributed by atoms with E-state index in [2.05, 4.69) is 21.3 Å². The lowest BCUT2D eigenvalue weighted by molar-refractivity contribution is -0.126. The van der Waals surface area contributed by atoms with Crippen LogP contribution in [0.5, 0.6) is 0 Å². The summed E-state index contributed by atoms with van der Waals surface area (Å²) in [5.74, 6) is 0.373. The molecule has 1 aromatic heterocycles. The van der Waals surface area contributed by atoms with Crippen LogP contribution in [0.1, 0.15) is 32.1 Å². The summed E-state index contributed by atoms with van der Waals surface area (Å²) in [5.41, 5.74) is 1.05. The lowest BCUT2D eigenvalue weighted by atomic mass is 9.93. The van der Waals surface area contributed by atoms with Gasteiger partial charge in [0.25, 0.3) is 0 Å². The molecule has 1 saturated heterocycles. The highest BCUT2D eigenvalue weighted by atomic mass is 32.1. The van der Waals surface area contributed by atoms with Gasteiger partial charge in [-0.05, 0) is 25.0 Å². The van der Waals surface area contributed by atoms with Gasteiger partial charge in [-0.3, -0.25) is 4.79 Å². The number of para-hydroxylation sites is 1. The minimum atomic E-state index is 0.133. The second-order valence-electron chi connectivity index (χ2n) is 6.41. The molecule has 22 heavy (non-hydrogen) atoms. The van der Waals surface area contributed by atoms with Gasteiger partial charge in [-0.15, -0.1) is 0 Å². The van der Waals surface area contributed by atoms with Crippen LogP contribution in [0.3, 0.4) is 0 Å². The van der Waals surface area contributed by atoms with E-state index in [9.17, 15) is 4.79 Å². The van der Waals surface area contributed by atoms with Crippen molar-refractivity contribution >= 4 is 32.6 Å². The van der Waals surface area contributed by atoms with Crippen molar-refractivity contribution in [2.75, 3.05) is 18.0 Å². The molecule has 4 rings (SSSR count). The molecule has 1 aliphatic carbocycles. The van der Waals surface area contributed by atoms with Gasteiger partial charge in [-0.2, -0.15) is 0 Å². The van der Waals surface area contributed by atoms with E-state index in [1.807, 2.05) is 18.2 Å². The number of nitrogens with one attached hydrogen (secondary N) is 1. The zero-order valence-corrected chi connectivity index (χ0v) is 13.4. The predicted molar refractivity (Wildman–Crippen MR) is 90.3 cm³/mol. The monoisotopic (exact) mass is 315 g/mol. The molecule has 1 amide bonds. The maximum absolute atomic E-state index is 12.3. The van der Waals surface area contributed by atoms with E-state index in [-0.39, 0.29) is 11.8 Å². The molecule has 116 valence electrons. The van der Waals surface area contributed by atoms with E-state index in [0.29, 0.717) is 6.04 Å². The van der Waals surface area contributed by atoms with Crippen LogP contribution in [0.15, 0.2) is 24.3 Å². The maximum Gasteiger partial charge on any atom is 0.226 e. The van der Waals surface area contributed by atoms with E-state index in [4.69, 9.17) is 0 Å². The van der Waals surface area contributed by atoms with E-state index in [0.717, 1.165) is 36.6 Å². The molecule has 2 heterocycles. The number of benzene rings is 1. The van der Waals surface area contributed by atoms with Crippen molar-refractivity contribution in [2.24, 2.45) is 5.92 Å². The topological polar surface area (TPSA) is 45.2 Å². The van der Waals surface area contributed by atoms with Gasteiger partial charge in [0.2, 0.25) is 5.91 Å². The number of fused-ring (bicyclic) bond motifs is 1. The number of rotatable bonds is 3. The molecular formula is C17H21N3OS. The summed E-state index contributed by atoms with van der Waals surface area (Å²) in [7, 11) is 0. The number of hydrogen-bond donors (Lipinski definition) is 1. The van der Waals surface area contributed by atoms with Gasteiger partial charge in [-0.25, -0.2) is 4.98 Å². The van der Waals surface area contributed by atoms with E-state index >= 15 is 0 Å². The Morgan fingerprint density at radius 2 is 1.95 bits per heavy atom. The second kappa shape index (κ2) is 5.88. The van der Waals surface area contributed by atoms with E-state index < -0.39 is 0 Å². The molecule has 1 aliphatic heterocycles. The van der Waals surface area contributed by atoms with Crippen LogP contribution in [0.25, 0.3) is 10.2 Å². The highest BCUT2D eigenvalue weighted by molar-refractivity contribution is 7.22. The third-order valence-electron chi connectivity index (χ3n) is 4.76. The largest absolute Gasteiger partial charge is 0.353 e. The first kappa shape index (κ1) is 14.0. The van der Waals surface area contributed by atoms with Gasteiger partial charge in [0.1, 0.15) is 0 Å². The molecule has 4 nitrogen and oxygen atoms in total. The predicted octanol–water partition coefficient (Wildman–Crippen LogP) is 3.18. The van der Waals surface area contributed by atoms with Crippen molar-refractivity contribution in [1.29, 1.82) is 0 Å². The summed E-state index contributed by atoms with van der Waals surface area (Å²) in [5, 5.41) is 4.28. The fourth-order valence-electron chi connectivity index (χ4n) is 3.36. The standard InChI is InChI=1S/C17H21N3OS/c21-16(18-13-6-2-1-3-7-13)12-10-20(11-12)17-19-14-8-4-5-9-15(14)22-17/h4-5,8-9,12-13H,1-3,6-7,10-11H2,(H,18,21). The first-order valence-corrected chi connectivity index (χ1v) is 9.02. The summed E-state index contributed by atoms with van der Waals surface area (Å²) in [6, 6.07) is 8.62. The number of thiazole rings is 1. The van der Waals surface area contributed by atoms with Crippen LogP contribution in [-0.4, -0.2) is 30.0 Å². The minimum Gasteiger partial charge on any atom is -0.353 e. The van der Waals surface area contributed by atoms with Gasteiger partial charge in [0, 0.05) is 19.1 Å². The fraction of sp³-hybridized carbons (Fsp3) is 0.529. The van der Waals surface area contributed by atoms with Crippen LogP contribution in [0, 0.1) is 5.92 Å². The second-order valence-corrected chi connectivity index (χ2v) is 7.42. The van der Waals surface area contributed by atoms with E-state index in [1.165, 1.54) is 24.0 Å². The highest BCUT2D eigenvalue weighted by Crippen LogP contribution is 2.33. The molecule has 2 aromatic rings. The molecule has 2 fully saturated rings. The number of carbonyl (C=O) groups is 1. The molecule has 1 saturated carbocycles. The number of amides is 1. The van der Waals surface area contributed by atoms with Gasteiger partial charge in [0.05, 0.1) is 16.1 Å². The Hall–Kier alpha value is -1.62. The molecular weight excluding hydrogens is 294 g/mol. The van der Waals surface area contributed by atoms with Crippen molar-refractivity contribution in [2.45, 2.75) is 38.1 Å². The molecule has 0 atom stereocenters. The van der Waals surface area contributed by atoms with Gasteiger partial charge in [-0.1, -0.05) is 42.7 Å². The Kier molecular flexibility index (Phi) is 3.74. The van der Waals surface area contributed by atoms with Crippen molar-refractivity contribution in [3.05, 3.63) is 24.3 Å². The van der Waals surface area contributed by atoms with Crippen LogP contribution < -0.4 is 10.2 Å². The Labute approximate surface area is 134 Å². The Balaban J connectivity index is 1.34. The maximum atomic E-state index is 12.3. The molecule has 5 heteroatoms. The summed E-state index contributed by atoms with van der Waals surface area (Å²) >= 11 is 1.71. The molecule has 1 N–H and O–H groups in total. The zero-order chi connectivity index (χ0) is 14.9. The summed E-state index contributed by atoms with van der Waals surface area (Å²) in [6.45, 7) is 1.61. The number of carbonyl (C=O) groups excluding carboxylic acids is 1. The zero-order valence-electron chi connectivity index (χ0n) is 12.6. The normalized spacial score (nSPS) is 20.1. The van der Waals surface area contributed by atoms with Crippen molar-refractivity contribution in [1.82, 2.24) is 10.3 Å². The SMILES string of the molecule is O=C(NC1CCCCC1)C1CN(c2nc3ccccc3s2)C1. The Bertz CT molecular complexity index is 638. The minimum absolute atomic E-state index is 0.133. The van der Waals surface area contributed by atoms with Gasteiger partial charge in [0.15, 0.2) is 5.13 Å². The van der Waals surface area contributed by atoms with Crippen LogP contribution >= 0.6 is 11.3 Å². The van der Waals surface area contributed by atoms with Crippen LogP contribution in [0.4, 0.5) is 5.13 Å². The number of anilines is 1. The third kappa shape index (κ3) is 2.70. The van der Waals surface area contributed by atoms with Crippen molar-refractivity contribution < 1.29 is 4.79 Å². The van der Waals surface area contributed by atoms with Crippen LogP contribution in [-0.2, 0) is 4.79 Å². The average Bonchev–Trinajstić information content (AvgIpc) is 2.90. The van der Waals surface area contributed by atoms with Gasteiger partial charge >= 0.3 is 0 Å². The third-order valence-corrected chi connectivity index (χ3v) is 5.85. The molecule has 0 spiro atoms. The van der Waals surface area contributed by atoms with E-state index in [1.54, 1.807) is 11.3 Å². The molecule has 1 aromatic carbocycles. The average molecular weight is 315 g/mol. The number of hydrogen-bond acceptors (Lipinski definition) is 4. The first-order valence-electron chi connectivity index (χ1n) is 8.20. The smallest absolute Gasteiger partial charge is 0.226 e. The van der Waals surface area contributed by atoms with Crippen molar-refractivity contribution in [3.8, 4) is 0 Å². The summed E-state index contributed by atoms with van der Waals surface area (Å²) < 4.78 is 1.22. The van der Waals surface area contributed by atoms with Gasteiger partial charge < -0.3 is 10.2 Å². The molecule has 2 aliphatic rings.